The minimum Gasteiger partial charge on any atom is -0.507 e. The fourth-order valence-corrected chi connectivity index (χ4v) is 3.28. The second-order valence-electron chi connectivity index (χ2n) is 5.62. The van der Waals surface area contributed by atoms with Crippen LogP contribution < -0.4 is 4.74 Å². The van der Waals surface area contributed by atoms with Gasteiger partial charge in [-0.15, -0.1) is 0 Å². The number of hydrogen-bond donors (Lipinski definition) is 2. The number of rotatable bonds is 8. The Bertz CT molecular complexity index is 769. The minimum absolute atomic E-state index is 0.156. The van der Waals surface area contributed by atoms with Gasteiger partial charge in [-0.25, -0.2) is 0 Å². The Kier molecular flexibility index (Phi) is 6.23. The highest BCUT2D eigenvalue weighted by molar-refractivity contribution is 7.85. The highest BCUT2D eigenvalue weighted by atomic mass is 32.2. The van der Waals surface area contributed by atoms with Gasteiger partial charge in [0.05, 0.1) is 0 Å². The molecular weight excluding hydrogens is 328 g/mol. The van der Waals surface area contributed by atoms with Crippen LogP contribution in [0.15, 0.2) is 47.4 Å². The topological polar surface area (TPSA) is 83.8 Å². The maximum Gasteiger partial charge on any atom is 0.295 e. The monoisotopic (exact) mass is 350 g/mol. The molecule has 2 aromatic carbocycles. The van der Waals surface area contributed by atoms with Crippen molar-refractivity contribution in [3.05, 3.63) is 48.0 Å². The van der Waals surface area contributed by atoms with Crippen LogP contribution in [0.3, 0.4) is 0 Å². The van der Waals surface area contributed by atoms with E-state index in [4.69, 9.17) is 4.74 Å². The van der Waals surface area contributed by atoms with Gasteiger partial charge in [0.25, 0.3) is 10.1 Å². The van der Waals surface area contributed by atoms with Crippen LogP contribution in [0.4, 0.5) is 0 Å². The van der Waals surface area contributed by atoms with Gasteiger partial charge in [-0.3, -0.25) is 4.55 Å². The third-order valence-corrected chi connectivity index (χ3v) is 4.62. The zero-order chi connectivity index (χ0) is 17.6. The lowest BCUT2D eigenvalue weighted by atomic mass is 10.0. The van der Waals surface area contributed by atoms with E-state index < -0.39 is 10.1 Å². The van der Waals surface area contributed by atoms with Crippen LogP contribution in [0.2, 0.25) is 0 Å². The Labute approximate surface area is 142 Å². The van der Waals surface area contributed by atoms with Crippen molar-refractivity contribution in [2.75, 3.05) is 0 Å². The number of unbranched alkanes of at least 4 members (excludes halogenated alkanes) is 3. The Hall–Kier alpha value is -2.05. The summed E-state index contributed by atoms with van der Waals surface area (Å²) in [6.45, 7) is 2.08. The van der Waals surface area contributed by atoms with Crippen molar-refractivity contribution in [1.82, 2.24) is 0 Å². The van der Waals surface area contributed by atoms with Crippen LogP contribution in [0.1, 0.15) is 38.2 Å². The van der Waals surface area contributed by atoms with Crippen molar-refractivity contribution >= 4 is 10.1 Å². The molecule has 2 N–H and O–H groups in total. The molecule has 24 heavy (non-hydrogen) atoms. The lowest BCUT2D eigenvalue weighted by Crippen LogP contribution is -2.04. The second kappa shape index (κ2) is 8.17. The maximum absolute atomic E-state index is 11.7. The summed E-state index contributed by atoms with van der Waals surface area (Å²) in [7, 11) is -4.45. The molecule has 0 aliphatic heterocycles. The largest absolute Gasteiger partial charge is 0.507 e. The average Bonchev–Trinajstić information content (AvgIpc) is 2.53. The summed E-state index contributed by atoms with van der Waals surface area (Å²) in [4.78, 5) is -0.301. The van der Waals surface area contributed by atoms with Crippen LogP contribution in [-0.2, 0) is 16.5 Å². The highest BCUT2D eigenvalue weighted by Gasteiger charge is 2.20. The summed E-state index contributed by atoms with van der Waals surface area (Å²) >= 11 is 0. The average molecular weight is 350 g/mol. The van der Waals surface area contributed by atoms with Gasteiger partial charge in [0.2, 0.25) is 0 Å². The molecule has 0 aliphatic carbocycles. The number of hydrogen-bond acceptors (Lipinski definition) is 4. The lowest BCUT2D eigenvalue weighted by molar-refractivity contribution is 0.439. The Morgan fingerprint density at radius 1 is 1.00 bits per heavy atom. The van der Waals surface area contributed by atoms with E-state index >= 15 is 0 Å². The number of ether oxygens (including phenoxy) is 1. The van der Waals surface area contributed by atoms with Gasteiger partial charge in [0.15, 0.2) is 0 Å². The van der Waals surface area contributed by atoms with E-state index in [9.17, 15) is 18.1 Å². The van der Waals surface area contributed by atoms with E-state index in [2.05, 4.69) is 6.92 Å². The van der Waals surface area contributed by atoms with Crippen LogP contribution in [-0.4, -0.2) is 18.1 Å². The highest BCUT2D eigenvalue weighted by Crippen LogP contribution is 2.34. The minimum atomic E-state index is -4.45. The van der Waals surface area contributed by atoms with Crippen LogP contribution in [0.5, 0.6) is 17.2 Å². The van der Waals surface area contributed by atoms with Gasteiger partial charge >= 0.3 is 0 Å². The summed E-state index contributed by atoms with van der Waals surface area (Å²) in [5.41, 5.74) is 0.231. The number of phenolic OH excluding ortho intramolecular Hbond substituents is 1. The molecule has 0 fully saturated rings. The van der Waals surface area contributed by atoms with Crippen molar-refractivity contribution in [2.45, 2.75) is 43.9 Å². The van der Waals surface area contributed by atoms with Gasteiger partial charge in [0, 0.05) is 17.7 Å². The molecule has 2 aromatic rings. The molecule has 0 saturated heterocycles. The first-order chi connectivity index (χ1) is 11.4. The van der Waals surface area contributed by atoms with Crippen LogP contribution in [0.25, 0.3) is 0 Å². The lowest BCUT2D eigenvalue weighted by Gasteiger charge is -2.13. The van der Waals surface area contributed by atoms with Crippen LogP contribution >= 0.6 is 0 Å². The normalized spacial score (nSPS) is 11.4. The van der Waals surface area contributed by atoms with Crippen molar-refractivity contribution in [2.24, 2.45) is 0 Å². The van der Waals surface area contributed by atoms with Gasteiger partial charge in [0.1, 0.15) is 22.1 Å². The molecule has 130 valence electrons. The predicted octanol–water partition coefficient (Wildman–Crippen LogP) is 4.55. The molecular formula is C18H22O5S. The quantitative estimate of drug-likeness (QED) is 0.539. The Morgan fingerprint density at radius 2 is 1.71 bits per heavy atom. The number of benzene rings is 2. The molecule has 0 bridgehead atoms. The molecule has 0 heterocycles. The van der Waals surface area contributed by atoms with E-state index in [1.54, 1.807) is 24.3 Å². The Balaban J connectivity index is 2.31. The predicted molar refractivity (Wildman–Crippen MR) is 92.3 cm³/mol. The SMILES string of the molecule is CCCCCCc1c(O)cc(Oc2ccccc2)cc1S(=O)(=O)O. The van der Waals surface area contributed by atoms with Gasteiger partial charge in [-0.1, -0.05) is 44.4 Å². The van der Waals surface area contributed by atoms with Crippen molar-refractivity contribution in [1.29, 1.82) is 0 Å². The molecule has 2 rings (SSSR count). The fourth-order valence-electron chi connectivity index (χ4n) is 2.50. The van der Waals surface area contributed by atoms with E-state index in [0.717, 1.165) is 25.7 Å². The smallest absolute Gasteiger partial charge is 0.295 e. The van der Waals surface area contributed by atoms with Gasteiger partial charge in [-0.2, -0.15) is 8.42 Å². The molecule has 6 heteroatoms. The zero-order valence-electron chi connectivity index (χ0n) is 13.6. The first-order valence-electron chi connectivity index (χ1n) is 7.98. The van der Waals surface area contributed by atoms with Gasteiger partial charge < -0.3 is 9.84 Å². The molecule has 5 nitrogen and oxygen atoms in total. The molecule has 0 spiro atoms. The summed E-state index contributed by atoms with van der Waals surface area (Å²) in [6, 6.07) is 11.4. The molecule has 0 aromatic heterocycles. The first kappa shape index (κ1) is 18.3. The third-order valence-electron chi connectivity index (χ3n) is 3.70. The summed E-state index contributed by atoms with van der Waals surface area (Å²) < 4.78 is 38.4. The van der Waals surface area contributed by atoms with Crippen molar-refractivity contribution in [3.63, 3.8) is 0 Å². The van der Waals surface area contributed by atoms with E-state index in [1.165, 1.54) is 12.1 Å². The van der Waals surface area contributed by atoms with E-state index in [1.807, 2.05) is 6.07 Å². The first-order valence-corrected chi connectivity index (χ1v) is 9.42. The summed E-state index contributed by atoms with van der Waals surface area (Å²) in [5, 5.41) is 10.2. The zero-order valence-corrected chi connectivity index (χ0v) is 14.4. The Morgan fingerprint density at radius 3 is 2.33 bits per heavy atom. The molecule has 0 unspecified atom stereocenters. The number of phenols is 1. The number of para-hydroxylation sites is 1. The fraction of sp³-hybridized carbons (Fsp3) is 0.333. The summed E-state index contributed by atoms with van der Waals surface area (Å²) in [5.74, 6) is 0.477. The van der Waals surface area contributed by atoms with Crippen molar-refractivity contribution < 1.29 is 22.8 Å². The van der Waals surface area contributed by atoms with Crippen LogP contribution in [0, 0.1) is 0 Å². The van der Waals surface area contributed by atoms with E-state index in [-0.39, 0.29) is 22.0 Å². The molecule has 0 amide bonds. The number of aromatic hydroxyl groups is 1. The third kappa shape index (κ3) is 4.97. The summed E-state index contributed by atoms with van der Waals surface area (Å²) in [6.07, 6.45) is 4.15. The standard InChI is InChI=1S/C18H22O5S/c1-2-3-4-8-11-16-17(19)12-15(13-18(16)24(20,21)22)23-14-9-6-5-7-10-14/h5-7,9-10,12-13,19H,2-4,8,11H2,1H3,(H,20,21,22). The second-order valence-corrected chi connectivity index (χ2v) is 7.01. The maximum atomic E-state index is 11.7. The molecule has 0 saturated carbocycles. The molecule has 0 radical (unpaired) electrons. The molecule has 0 atom stereocenters. The van der Waals surface area contributed by atoms with E-state index in [0.29, 0.717) is 12.2 Å². The molecule has 0 aliphatic rings. The van der Waals surface area contributed by atoms with Gasteiger partial charge in [-0.05, 0) is 25.0 Å². The van der Waals surface area contributed by atoms with Crippen molar-refractivity contribution in [3.8, 4) is 17.2 Å².